The summed E-state index contributed by atoms with van der Waals surface area (Å²) in [5, 5.41) is 3.60. The van der Waals surface area contributed by atoms with Gasteiger partial charge in [0.1, 0.15) is 5.15 Å². The number of rotatable bonds is 8. The number of hydrogen-bond donors (Lipinski definition) is 1. The molecule has 0 radical (unpaired) electrons. The Bertz CT molecular complexity index is 1260. The molecule has 1 N–H and O–H groups in total. The number of nitrogens with zero attached hydrogens (tertiary/aromatic N) is 2. The van der Waals surface area contributed by atoms with Gasteiger partial charge in [-0.15, -0.1) is 0 Å². The van der Waals surface area contributed by atoms with E-state index in [4.69, 9.17) is 16.3 Å². The average Bonchev–Trinajstić information content (AvgIpc) is 2.78. The standard InChI is InChI=1S/C22H22ClN3O5S/c1-3-26(4-2)32(29,30)18-7-5-6-17(13-18)24-21(27)14-31-22(28)16-8-10-19-15(12-16)9-11-20(23)25-19/h5-13H,3-4,14H2,1-2H3,(H,24,27). The molecule has 32 heavy (non-hydrogen) atoms. The van der Waals surface area contributed by atoms with Gasteiger partial charge in [0.2, 0.25) is 10.0 Å². The fourth-order valence-electron chi connectivity index (χ4n) is 3.09. The zero-order valence-electron chi connectivity index (χ0n) is 17.5. The Morgan fingerprint density at radius 2 is 1.81 bits per heavy atom. The van der Waals surface area contributed by atoms with Gasteiger partial charge in [-0.05, 0) is 48.5 Å². The lowest BCUT2D eigenvalue weighted by atomic mass is 10.1. The summed E-state index contributed by atoms with van der Waals surface area (Å²) in [5.41, 5.74) is 1.18. The minimum Gasteiger partial charge on any atom is -0.452 e. The van der Waals surface area contributed by atoms with Crippen molar-refractivity contribution in [1.82, 2.24) is 9.29 Å². The molecule has 168 valence electrons. The van der Waals surface area contributed by atoms with Gasteiger partial charge in [0.05, 0.1) is 16.0 Å². The summed E-state index contributed by atoms with van der Waals surface area (Å²) in [6.45, 7) is 3.65. The minimum atomic E-state index is -3.66. The van der Waals surface area contributed by atoms with Crippen LogP contribution in [0.1, 0.15) is 24.2 Å². The summed E-state index contributed by atoms with van der Waals surface area (Å²) < 4.78 is 31.7. The normalized spacial score (nSPS) is 11.5. The number of nitrogens with one attached hydrogen (secondary N) is 1. The van der Waals surface area contributed by atoms with E-state index in [1.54, 1.807) is 44.2 Å². The topological polar surface area (TPSA) is 106 Å². The fourth-order valence-corrected chi connectivity index (χ4v) is 4.74. The summed E-state index contributed by atoms with van der Waals surface area (Å²) in [6, 6.07) is 14.0. The summed E-state index contributed by atoms with van der Waals surface area (Å²) in [4.78, 5) is 28.8. The summed E-state index contributed by atoms with van der Waals surface area (Å²) in [5.74, 6) is -1.26. The van der Waals surface area contributed by atoms with Crippen molar-refractivity contribution in [3.63, 3.8) is 0 Å². The van der Waals surface area contributed by atoms with Crippen LogP contribution >= 0.6 is 11.6 Å². The second-order valence-electron chi connectivity index (χ2n) is 6.78. The van der Waals surface area contributed by atoms with Gasteiger partial charge in [-0.1, -0.05) is 31.5 Å². The van der Waals surface area contributed by atoms with Crippen LogP contribution in [0.4, 0.5) is 5.69 Å². The number of amides is 1. The van der Waals surface area contributed by atoms with Crippen molar-refractivity contribution in [2.75, 3.05) is 25.0 Å². The van der Waals surface area contributed by atoms with Crippen molar-refractivity contribution < 1.29 is 22.7 Å². The number of sulfonamides is 1. The number of benzene rings is 2. The summed E-state index contributed by atoms with van der Waals surface area (Å²) in [7, 11) is -3.66. The molecule has 0 saturated heterocycles. The monoisotopic (exact) mass is 475 g/mol. The lowest BCUT2D eigenvalue weighted by molar-refractivity contribution is -0.119. The number of pyridine rings is 1. The van der Waals surface area contributed by atoms with E-state index in [-0.39, 0.29) is 16.1 Å². The third kappa shape index (κ3) is 5.42. The Hall–Kier alpha value is -3.01. The number of fused-ring (bicyclic) bond motifs is 1. The van der Waals surface area contributed by atoms with Crippen LogP contribution in [-0.2, 0) is 19.6 Å². The van der Waals surface area contributed by atoms with Crippen LogP contribution in [0.2, 0.25) is 5.15 Å². The van der Waals surface area contributed by atoms with Gasteiger partial charge >= 0.3 is 5.97 Å². The predicted octanol–water partition coefficient (Wildman–Crippen LogP) is 3.71. The number of esters is 1. The molecular formula is C22H22ClN3O5S. The Kier molecular flexibility index (Phi) is 7.44. The molecule has 2 aromatic carbocycles. The van der Waals surface area contributed by atoms with Crippen molar-refractivity contribution in [3.8, 4) is 0 Å². The molecule has 0 fully saturated rings. The number of ether oxygens (including phenoxy) is 1. The number of anilines is 1. The quantitative estimate of drug-likeness (QED) is 0.393. The zero-order valence-corrected chi connectivity index (χ0v) is 19.1. The third-order valence-electron chi connectivity index (χ3n) is 4.69. The Morgan fingerprint density at radius 3 is 2.53 bits per heavy atom. The largest absolute Gasteiger partial charge is 0.452 e. The molecule has 0 aliphatic rings. The lowest BCUT2D eigenvalue weighted by Crippen LogP contribution is -2.30. The third-order valence-corrected chi connectivity index (χ3v) is 6.94. The van der Waals surface area contributed by atoms with Crippen LogP contribution in [0.25, 0.3) is 10.9 Å². The van der Waals surface area contributed by atoms with Crippen LogP contribution in [0.5, 0.6) is 0 Å². The summed E-state index contributed by atoms with van der Waals surface area (Å²) >= 11 is 5.85. The van der Waals surface area contributed by atoms with E-state index < -0.39 is 28.5 Å². The van der Waals surface area contributed by atoms with Gasteiger partial charge in [0, 0.05) is 24.2 Å². The van der Waals surface area contributed by atoms with Crippen molar-refractivity contribution in [3.05, 3.63) is 65.3 Å². The Labute approximate surface area is 191 Å². The van der Waals surface area contributed by atoms with Crippen molar-refractivity contribution >= 4 is 50.1 Å². The Balaban J connectivity index is 1.64. The van der Waals surface area contributed by atoms with Gasteiger partial charge in [-0.25, -0.2) is 18.2 Å². The molecule has 0 aliphatic heterocycles. The lowest BCUT2D eigenvalue weighted by Gasteiger charge is -2.18. The van der Waals surface area contributed by atoms with Gasteiger partial charge in [-0.2, -0.15) is 4.31 Å². The van der Waals surface area contributed by atoms with Gasteiger partial charge in [-0.3, -0.25) is 4.79 Å². The minimum absolute atomic E-state index is 0.0703. The first-order valence-electron chi connectivity index (χ1n) is 9.88. The SMILES string of the molecule is CCN(CC)S(=O)(=O)c1cccc(NC(=O)COC(=O)c2ccc3nc(Cl)ccc3c2)c1. The van der Waals surface area contributed by atoms with Crippen LogP contribution in [0, 0.1) is 0 Å². The number of carbonyl (C=O) groups excluding carboxylic acids is 2. The average molecular weight is 476 g/mol. The molecule has 0 saturated carbocycles. The molecule has 1 amide bonds. The molecule has 0 atom stereocenters. The van der Waals surface area contributed by atoms with E-state index in [9.17, 15) is 18.0 Å². The van der Waals surface area contributed by atoms with Crippen LogP contribution in [0.3, 0.4) is 0 Å². The highest BCUT2D eigenvalue weighted by molar-refractivity contribution is 7.89. The van der Waals surface area contributed by atoms with Gasteiger partial charge in [0.25, 0.3) is 5.91 Å². The smallest absolute Gasteiger partial charge is 0.338 e. The van der Waals surface area contributed by atoms with Crippen LogP contribution in [0.15, 0.2) is 59.5 Å². The molecule has 0 aliphatic carbocycles. The van der Waals surface area contributed by atoms with Crippen molar-refractivity contribution in [2.24, 2.45) is 0 Å². The van der Waals surface area contributed by atoms with Gasteiger partial charge < -0.3 is 10.1 Å². The van der Waals surface area contributed by atoms with E-state index >= 15 is 0 Å². The van der Waals surface area contributed by atoms with Crippen molar-refractivity contribution in [2.45, 2.75) is 18.7 Å². The predicted molar refractivity (Wildman–Crippen MR) is 122 cm³/mol. The second kappa shape index (κ2) is 10.1. The maximum atomic E-state index is 12.6. The van der Waals surface area contributed by atoms with E-state index in [2.05, 4.69) is 10.3 Å². The fraction of sp³-hybridized carbons (Fsp3) is 0.227. The molecule has 0 bridgehead atoms. The molecule has 1 heterocycles. The van der Waals surface area contributed by atoms with Crippen LogP contribution < -0.4 is 5.32 Å². The Morgan fingerprint density at radius 1 is 1.06 bits per heavy atom. The maximum absolute atomic E-state index is 12.6. The highest BCUT2D eigenvalue weighted by Gasteiger charge is 2.22. The molecule has 0 spiro atoms. The van der Waals surface area contributed by atoms with Crippen molar-refractivity contribution in [1.29, 1.82) is 0 Å². The highest BCUT2D eigenvalue weighted by atomic mass is 35.5. The molecule has 10 heteroatoms. The highest BCUT2D eigenvalue weighted by Crippen LogP contribution is 2.20. The van der Waals surface area contributed by atoms with Crippen LogP contribution in [-0.4, -0.2) is 49.3 Å². The molecule has 3 aromatic rings. The first-order valence-corrected chi connectivity index (χ1v) is 11.7. The molecule has 3 rings (SSSR count). The number of aromatic nitrogens is 1. The molecule has 0 unspecified atom stereocenters. The van der Waals surface area contributed by atoms with E-state index in [1.165, 1.54) is 28.6 Å². The molecular weight excluding hydrogens is 454 g/mol. The number of carbonyl (C=O) groups is 2. The first-order chi connectivity index (χ1) is 15.2. The number of halogens is 1. The number of hydrogen-bond acceptors (Lipinski definition) is 6. The first kappa shape index (κ1) is 23.6. The maximum Gasteiger partial charge on any atom is 0.338 e. The molecule has 1 aromatic heterocycles. The van der Waals surface area contributed by atoms with Gasteiger partial charge in [0.15, 0.2) is 6.61 Å². The summed E-state index contributed by atoms with van der Waals surface area (Å²) in [6.07, 6.45) is 0. The van der Waals surface area contributed by atoms with E-state index in [0.717, 1.165) is 0 Å². The zero-order chi connectivity index (χ0) is 23.3. The second-order valence-corrected chi connectivity index (χ2v) is 9.11. The van der Waals surface area contributed by atoms with E-state index in [0.29, 0.717) is 29.1 Å². The van der Waals surface area contributed by atoms with E-state index in [1.807, 2.05) is 0 Å². The molecule has 8 nitrogen and oxygen atoms in total.